The third kappa shape index (κ3) is 2.48. The number of thiophene rings is 1. The summed E-state index contributed by atoms with van der Waals surface area (Å²) >= 11 is 7.73. The summed E-state index contributed by atoms with van der Waals surface area (Å²) in [5.74, 6) is 0.514. The molecule has 3 aromatic rings. The quantitative estimate of drug-likeness (QED) is 0.405. The van der Waals surface area contributed by atoms with Crippen LogP contribution in [0.5, 0.6) is 0 Å². The molecule has 0 N–H and O–H groups in total. The SMILES string of the molecule is CCc1ccsc1-c1nc(Cl)c2ccc([N+](=O)[O-])cc2n1. The second-order valence-electron chi connectivity index (χ2n) is 4.43. The Morgan fingerprint density at radius 3 is 2.86 bits per heavy atom. The molecule has 1 aromatic carbocycles. The van der Waals surface area contributed by atoms with E-state index in [0.29, 0.717) is 21.9 Å². The molecule has 0 amide bonds. The maximum absolute atomic E-state index is 10.9. The molecule has 0 spiro atoms. The van der Waals surface area contributed by atoms with Crippen LogP contribution in [0.1, 0.15) is 12.5 Å². The lowest BCUT2D eigenvalue weighted by Crippen LogP contribution is -1.94. The number of hydrogen-bond donors (Lipinski definition) is 0. The number of nitro benzene ring substituents is 1. The van der Waals surface area contributed by atoms with E-state index in [1.165, 1.54) is 23.5 Å². The first-order chi connectivity index (χ1) is 10.1. The third-order valence-electron chi connectivity index (χ3n) is 3.18. The number of nitrogens with zero attached hydrogens (tertiary/aromatic N) is 3. The van der Waals surface area contributed by atoms with Gasteiger partial charge in [-0.1, -0.05) is 18.5 Å². The third-order valence-corrected chi connectivity index (χ3v) is 4.42. The highest BCUT2D eigenvalue weighted by molar-refractivity contribution is 7.13. The zero-order chi connectivity index (χ0) is 15.0. The van der Waals surface area contributed by atoms with Gasteiger partial charge in [0.05, 0.1) is 15.3 Å². The Hall–Kier alpha value is -2.05. The molecule has 0 aliphatic carbocycles. The fourth-order valence-electron chi connectivity index (χ4n) is 2.10. The minimum absolute atomic E-state index is 0.00916. The van der Waals surface area contributed by atoms with Gasteiger partial charge < -0.3 is 0 Å². The maximum atomic E-state index is 10.9. The fourth-order valence-corrected chi connectivity index (χ4v) is 3.27. The van der Waals surface area contributed by atoms with Crippen molar-refractivity contribution in [1.29, 1.82) is 0 Å². The second kappa shape index (κ2) is 5.38. The Balaban J connectivity index is 2.23. The van der Waals surface area contributed by atoms with Gasteiger partial charge in [0.15, 0.2) is 5.82 Å². The van der Waals surface area contributed by atoms with Crippen molar-refractivity contribution in [3.63, 3.8) is 0 Å². The number of hydrogen-bond acceptors (Lipinski definition) is 5. The van der Waals surface area contributed by atoms with Crippen molar-refractivity contribution < 1.29 is 4.92 Å². The van der Waals surface area contributed by atoms with Crippen LogP contribution in [0.2, 0.25) is 5.15 Å². The predicted molar refractivity (Wildman–Crippen MR) is 83.9 cm³/mol. The van der Waals surface area contributed by atoms with Crippen molar-refractivity contribution in [2.75, 3.05) is 0 Å². The van der Waals surface area contributed by atoms with Gasteiger partial charge in [0.1, 0.15) is 5.15 Å². The predicted octanol–water partition coefficient (Wildman–Crippen LogP) is 4.48. The van der Waals surface area contributed by atoms with Gasteiger partial charge in [-0.25, -0.2) is 9.97 Å². The summed E-state index contributed by atoms with van der Waals surface area (Å²) in [6, 6.07) is 6.43. The van der Waals surface area contributed by atoms with Gasteiger partial charge in [-0.05, 0) is 29.5 Å². The van der Waals surface area contributed by atoms with Gasteiger partial charge in [0.2, 0.25) is 0 Å². The van der Waals surface area contributed by atoms with Crippen molar-refractivity contribution >= 4 is 39.5 Å². The molecule has 2 aromatic heterocycles. The van der Waals surface area contributed by atoms with Crippen LogP contribution in [-0.2, 0) is 6.42 Å². The van der Waals surface area contributed by atoms with E-state index in [2.05, 4.69) is 16.9 Å². The molecule has 7 heteroatoms. The summed E-state index contributed by atoms with van der Waals surface area (Å²) in [5.41, 5.74) is 1.61. The van der Waals surface area contributed by atoms with Crippen LogP contribution >= 0.6 is 22.9 Å². The van der Waals surface area contributed by atoms with E-state index in [4.69, 9.17) is 11.6 Å². The Bertz CT molecular complexity index is 847. The van der Waals surface area contributed by atoms with Crippen LogP contribution in [0, 0.1) is 10.1 Å². The topological polar surface area (TPSA) is 68.9 Å². The second-order valence-corrected chi connectivity index (χ2v) is 5.70. The Labute approximate surface area is 129 Å². The molecule has 2 heterocycles. The van der Waals surface area contributed by atoms with Crippen molar-refractivity contribution in [2.24, 2.45) is 0 Å². The van der Waals surface area contributed by atoms with Crippen LogP contribution in [0.4, 0.5) is 5.69 Å². The molecule has 21 heavy (non-hydrogen) atoms. The first-order valence-electron chi connectivity index (χ1n) is 6.28. The minimum atomic E-state index is -0.447. The molecule has 106 valence electrons. The zero-order valence-electron chi connectivity index (χ0n) is 11.0. The lowest BCUT2D eigenvalue weighted by atomic mass is 10.2. The number of non-ortho nitro benzene ring substituents is 1. The molecule has 0 bridgehead atoms. The number of fused-ring (bicyclic) bond motifs is 1. The monoisotopic (exact) mass is 319 g/mol. The number of aryl methyl sites for hydroxylation is 1. The summed E-state index contributed by atoms with van der Waals surface area (Å²) in [6.45, 7) is 2.05. The van der Waals surface area contributed by atoms with E-state index >= 15 is 0 Å². The van der Waals surface area contributed by atoms with Crippen LogP contribution < -0.4 is 0 Å². The molecular weight excluding hydrogens is 310 g/mol. The molecule has 3 rings (SSSR count). The highest BCUT2D eigenvalue weighted by Crippen LogP contribution is 2.31. The molecule has 0 saturated carbocycles. The summed E-state index contributed by atoms with van der Waals surface area (Å²) in [5, 5.41) is 13.8. The van der Waals surface area contributed by atoms with Crippen molar-refractivity contribution in [2.45, 2.75) is 13.3 Å². The Kier molecular flexibility index (Phi) is 3.57. The summed E-state index contributed by atoms with van der Waals surface area (Å²) in [6.07, 6.45) is 0.868. The van der Waals surface area contributed by atoms with E-state index < -0.39 is 4.92 Å². The Morgan fingerprint density at radius 2 is 2.14 bits per heavy atom. The number of halogens is 1. The van der Waals surface area contributed by atoms with Crippen LogP contribution in [0.15, 0.2) is 29.6 Å². The number of benzene rings is 1. The number of aromatic nitrogens is 2. The standard InChI is InChI=1S/C14H10ClN3O2S/c1-2-8-5-6-21-12(8)14-16-11-7-9(18(19)20)3-4-10(11)13(15)17-14/h3-7H,2H2,1H3. The van der Waals surface area contributed by atoms with Gasteiger partial charge >= 0.3 is 0 Å². The molecule has 0 aliphatic rings. The number of rotatable bonds is 3. The van der Waals surface area contributed by atoms with Crippen LogP contribution in [0.25, 0.3) is 21.6 Å². The highest BCUT2D eigenvalue weighted by Gasteiger charge is 2.14. The van der Waals surface area contributed by atoms with Crippen molar-refractivity contribution in [3.8, 4) is 10.7 Å². The normalized spacial score (nSPS) is 11.0. The van der Waals surface area contributed by atoms with Crippen LogP contribution in [0.3, 0.4) is 0 Å². The highest BCUT2D eigenvalue weighted by atomic mass is 35.5. The minimum Gasteiger partial charge on any atom is -0.258 e. The van der Waals surface area contributed by atoms with E-state index in [9.17, 15) is 10.1 Å². The average molecular weight is 320 g/mol. The van der Waals surface area contributed by atoms with Gasteiger partial charge in [-0.15, -0.1) is 11.3 Å². The molecular formula is C14H10ClN3O2S. The van der Waals surface area contributed by atoms with Crippen molar-refractivity contribution in [1.82, 2.24) is 9.97 Å². The lowest BCUT2D eigenvalue weighted by molar-refractivity contribution is -0.384. The van der Waals surface area contributed by atoms with Gasteiger partial charge in [0, 0.05) is 17.5 Å². The largest absolute Gasteiger partial charge is 0.271 e. The summed E-state index contributed by atoms with van der Waals surface area (Å²) in [7, 11) is 0. The number of nitro groups is 1. The molecule has 0 saturated heterocycles. The van der Waals surface area contributed by atoms with Gasteiger partial charge in [-0.2, -0.15) is 0 Å². The first-order valence-corrected chi connectivity index (χ1v) is 7.54. The van der Waals surface area contributed by atoms with E-state index in [1.54, 1.807) is 6.07 Å². The summed E-state index contributed by atoms with van der Waals surface area (Å²) in [4.78, 5) is 20.1. The van der Waals surface area contributed by atoms with Gasteiger partial charge in [-0.3, -0.25) is 10.1 Å². The average Bonchev–Trinajstić information content (AvgIpc) is 2.95. The van der Waals surface area contributed by atoms with Crippen LogP contribution in [-0.4, -0.2) is 14.9 Å². The smallest absolute Gasteiger partial charge is 0.258 e. The molecule has 5 nitrogen and oxygen atoms in total. The maximum Gasteiger partial charge on any atom is 0.271 e. The van der Waals surface area contributed by atoms with E-state index in [1.807, 2.05) is 11.4 Å². The summed E-state index contributed by atoms with van der Waals surface area (Å²) < 4.78 is 0. The fraction of sp³-hybridized carbons (Fsp3) is 0.143. The molecule has 0 radical (unpaired) electrons. The first kappa shape index (κ1) is 13.9. The molecule has 0 fully saturated rings. The molecule has 0 atom stereocenters. The zero-order valence-corrected chi connectivity index (χ0v) is 12.6. The van der Waals surface area contributed by atoms with E-state index in [0.717, 1.165) is 16.9 Å². The molecule has 0 unspecified atom stereocenters. The Morgan fingerprint density at radius 1 is 1.33 bits per heavy atom. The molecule has 0 aliphatic heterocycles. The van der Waals surface area contributed by atoms with Crippen molar-refractivity contribution in [3.05, 3.63) is 50.5 Å². The van der Waals surface area contributed by atoms with Gasteiger partial charge in [0.25, 0.3) is 5.69 Å². The lowest BCUT2D eigenvalue weighted by Gasteiger charge is -2.04. The van der Waals surface area contributed by atoms with E-state index in [-0.39, 0.29) is 5.69 Å².